The van der Waals surface area contributed by atoms with E-state index in [1.807, 2.05) is 32.0 Å². The fourth-order valence-electron chi connectivity index (χ4n) is 4.25. The van der Waals surface area contributed by atoms with Crippen molar-refractivity contribution in [1.29, 1.82) is 0 Å². The Balaban J connectivity index is 1.56. The molecule has 0 spiro atoms. The number of hydrogen-bond acceptors (Lipinski definition) is 6. The zero-order valence-electron chi connectivity index (χ0n) is 19.6. The molecule has 1 aliphatic heterocycles. The monoisotopic (exact) mass is 462 g/mol. The van der Waals surface area contributed by atoms with E-state index in [0.29, 0.717) is 48.5 Å². The van der Waals surface area contributed by atoms with Crippen molar-refractivity contribution in [1.82, 2.24) is 4.98 Å². The molecular formula is C26H30N4O4. The number of aromatic nitrogens is 1. The largest absolute Gasteiger partial charge is 0.492 e. The highest BCUT2D eigenvalue weighted by molar-refractivity contribution is 6.05. The van der Waals surface area contributed by atoms with Gasteiger partial charge in [-0.2, -0.15) is 0 Å². The number of rotatable bonds is 8. The van der Waals surface area contributed by atoms with E-state index in [9.17, 15) is 14.7 Å². The van der Waals surface area contributed by atoms with Crippen molar-refractivity contribution in [3.05, 3.63) is 54.1 Å². The summed E-state index contributed by atoms with van der Waals surface area (Å²) >= 11 is 0. The zero-order valence-corrected chi connectivity index (χ0v) is 19.6. The minimum atomic E-state index is -1.02. The second kappa shape index (κ2) is 10.4. The molecule has 2 heterocycles. The van der Waals surface area contributed by atoms with Crippen molar-refractivity contribution in [2.24, 2.45) is 0 Å². The van der Waals surface area contributed by atoms with Crippen molar-refractivity contribution in [3.8, 4) is 5.75 Å². The number of amides is 1. The molecule has 1 aromatic heterocycles. The van der Waals surface area contributed by atoms with Crippen LogP contribution in [0.15, 0.2) is 48.5 Å². The average molecular weight is 463 g/mol. The maximum Gasteiger partial charge on any atom is 0.336 e. The van der Waals surface area contributed by atoms with Gasteiger partial charge in [-0.3, -0.25) is 4.79 Å². The predicted molar refractivity (Wildman–Crippen MR) is 134 cm³/mol. The third-order valence-corrected chi connectivity index (χ3v) is 5.90. The van der Waals surface area contributed by atoms with Gasteiger partial charge in [0, 0.05) is 43.7 Å². The Kier molecular flexibility index (Phi) is 7.15. The van der Waals surface area contributed by atoms with Gasteiger partial charge in [0.2, 0.25) is 5.91 Å². The quantitative estimate of drug-likeness (QED) is 0.512. The van der Waals surface area contributed by atoms with Crippen LogP contribution in [-0.2, 0) is 4.79 Å². The lowest BCUT2D eigenvalue weighted by Gasteiger charge is -2.37. The van der Waals surface area contributed by atoms with E-state index in [1.54, 1.807) is 24.3 Å². The van der Waals surface area contributed by atoms with Gasteiger partial charge < -0.3 is 25.0 Å². The van der Waals surface area contributed by atoms with E-state index >= 15 is 0 Å². The molecule has 0 bridgehead atoms. The fraction of sp³-hybridized carbons (Fsp3) is 0.346. The normalized spacial score (nSPS) is 13.7. The topological polar surface area (TPSA) is 95.0 Å². The highest BCUT2D eigenvalue weighted by Gasteiger charge is 2.22. The van der Waals surface area contributed by atoms with Crippen molar-refractivity contribution in [3.63, 3.8) is 0 Å². The highest BCUT2D eigenvalue weighted by Crippen LogP contribution is 2.31. The van der Waals surface area contributed by atoms with Crippen LogP contribution in [-0.4, -0.2) is 54.8 Å². The number of benzene rings is 2. The number of para-hydroxylation sites is 2. The van der Waals surface area contributed by atoms with Crippen molar-refractivity contribution >= 4 is 40.0 Å². The summed E-state index contributed by atoms with van der Waals surface area (Å²) in [5.74, 6) is 0.407. The molecule has 2 N–H and O–H groups in total. The number of piperazine rings is 1. The molecule has 4 rings (SSSR count). The second-order valence-electron chi connectivity index (χ2n) is 8.24. The van der Waals surface area contributed by atoms with Crippen molar-refractivity contribution in [2.45, 2.75) is 26.7 Å². The van der Waals surface area contributed by atoms with E-state index in [0.717, 1.165) is 30.9 Å². The number of carboxylic acid groups (broad SMARTS) is 1. The van der Waals surface area contributed by atoms with Gasteiger partial charge in [-0.1, -0.05) is 19.1 Å². The van der Waals surface area contributed by atoms with Crippen LogP contribution in [0.5, 0.6) is 5.75 Å². The Hall–Kier alpha value is -3.81. The van der Waals surface area contributed by atoms with Crippen LogP contribution in [0.4, 0.5) is 17.2 Å². The number of aromatic carboxylic acids is 1. The van der Waals surface area contributed by atoms with Gasteiger partial charge in [0.05, 0.1) is 23.4 Å². The molecule has 0 atom stereocenters. The number of hydrogen-bond donors (Lipinski definition) is 2. The van der Waals surface area contributed by atoms with Gasteiger partial charge >= 0.3 is 5.97 Å². The standard InChI is InChI=1S/C26H30N4O4/c1-3-7-25(31)27-18-10-11-21-19(16-18)20(26(32)33)17-24(28-21)30-14-12-29(13-15-30)22-8-5-6-9-23(22)34-4-2/h5-6,8-11,16-17H,3-4,7,12-15H2,1-2H3,(H,27,31)(H,32,33). The Morgan fingerprint density at radius 2 is 1.76 bits per heavy atom. The van der Waals surface area contributed by atoms with E-state index in [-0.39, 0.29) is 11.5 Å². The number of carbonyl (C=O) groups excluding carboxylic acids is 1. The first-order chi connectivity index (χ1) is 16.5. The van der Waals surface area contributed by atoms with Crippen molar-refractivity contribution in [2.75, 3.05) is 47.9 Å². The Morgan fingerprint density at radius 3 is 2.47 bits per heavy atom. The van der Waals surface area contributed by atoms with Gasteiger partial charge in [-0.05, 0) is 49.7 Å². The molecule has 34 heavy (non-hydrogen) atoms. The molecule has 178 valence electrons. The summed E-state index contributed by atoms with van der Waals surface area (Å²) in [6.07, 6.45) is 1.16. The number of nitrogens with zero attached hydrogens (tertiary/aromatic N) is 3. The lowest BCUT2D eigenvalue weighted by Crippen LogP contribution is -2.47. The first-order valence-electron chi connectivity index (χ1n) is 11.7. The van der Waals surface area contributed by atoms with E-state index in [2.05, 4.69) is 21.2 Å². The summed E-state index contributed by atoms with van der Waals surface area (Å²) in [6, 6.07) is 14.9. The van der Waals surface area contributed by atoms with Gasteiger partial charge in [-0.15, -0.1) is 0 Å². The van der Waals surface area contributed by atoms with E-state index < -0.39 is 5.97 Å². The Bertz CT molecular complexity index is 1190. The van der Waals surface area contributed by atoms with Crippen LogP contribution < -0.4 is 19.9 Å². The average Bonchev–Trinajstić information content (AvgIpc) is 2.84. The third-order valence-electron chi connectivity index (χ3n) is 5.90. The summed E-state index contributed by atoms with van der Waals surface area (Å²) < 4.78 is 5.78. The minimum Gasteiger partial charge on any atom is -0.492 e. The number of anilines is 3. The number of fused-ring (bicyclic) bond motifs is 1. The summed E-state index contributed by atoms with van der Waals surface area (Å²) in [6.45, 7) is 7.49. The maximum absolute atomic E-state index is 12.1. The molecule has 1 amide bonds. The summed E-state index contributed by atoms with van der Waals surface area (Å²) in [4.78, 5) is 33.2. The number of carbonyl (C=O) groups is 2. The third kappa shape index (κ3) is 5.06. The molecule has 8 heteroatoms. The molecule has 0 radical (unpaired) electrons. The van der Waals surface area contributed by atoms with Gasteiger partial charge in [0.15, 0.2) is 0 Å². The first-order valence-corrected chi connectivity index (χ1v) is 11.7. The maximum atomic E-state index is 12.1. The Morgan fingerprint density at radius 1 is 1.03 bits per heavy atom. The minimum absolute atomic E-state index is 0.0907. The molecule has 0 unspecified atom stereocenters. The van der Waals surface area contributed by atoms with E-state index in [4.69, 9.17) is 9.72 Å². The Labute approximate surface area is 199 Å². The lowest BCUT2D eigenvalue weighted by atomic mass is 10.1. The highest BCUT2D eigenvalue weighted by atomic mass is 16.5. The number of carboxylic acids is 1. The molecule has 1 aliphatic rings. The first kappa shape index (κ1) is 23.4. The molecule has 1 fully saturated rings. The predicted octanol–water partition coefficient (Wildman–Crippen LogP) is 4.40. The van der Waals surface area contributed by atoms with Gasteiger partial charge in [0.25, 0.3) is 0 Å². The van der Waals surface area contributed by atoms with Crippen LogP contribution in [0, 0.1) is 0 Å². The van der Waals surface area contributed by atoms with E-state index in [1.165, 1.54) is 0 Å². The summed E-state index contributed by atoms with van der Waals surface area (Å²) in [5, 5.41) is 13.2. The number of ether oxygens (including phenoxy) is 1. The number of nitrogens with one attached hydrogen (secondary N) is 1. The van der Waals surface area contributed by atoms with Gasteiger partial charge in [0.1, 0.15) is 11.6 Å². The van der Waals surface area contributed by atoms with Crippen LogP contribution in [0.2, 0.25) is 0 Å². The SMILES string of the molecule is CCCC(=O)Nc1ccc2nc(N3CCN(c4ccccc4OCC)CC3)cc(C(=O)O)c2c1. The number of pyridine rings is 1. The van der Waals surface area contributed by atoms with Crippen molar-refractivity contribution < 1.29 is 19.4 Å². The molecule has 3 aromatic rings. The van der Waals surface area contributed by atoms with Gasteiger partial charge in [-0.25, -0.2) is 9.78 Å². The fourth-order valence-corrected chi connectivity index (χ4v) is 4.25. The summed E-state index contributed by atoms with van der Waals surface area (Å²) in [5.41, 5.74) is 2.41. The lowest BCUT2D eigenvalue weighted by molar-refractivity contribution is -0.116. The molecule has 0 aliphatic carbocycles. The van der Waals surface area contributed by atoms with Crippen LogP contribution in [0.25, 0.3) is 10.9 Å². The summed E-state index contributed by atoms with van der Waals surface area (Å²) in [7, 11) is 0. The molecule has 2 aromatic carbocycles. The zero-order chi connectivity index (χ0) is 24.1. The van der Waals surface area contributed by atoms with Crippen LogP contribution in [0.3, 0.4) is 0 Å². The van der Waals surface area contributed by atoms with Crippen LogP contribution in [0.1, 0.15) is 37.0 Å². The molecule has 1 saturated heterocycles. The molecule has 8 nitrogen and oxygen atoms in total. The molecule has 0 saturated carbocycles. The molecular weight excluding hydrogens is 432 g/mol. The smallest absolute Gasteiger partial charge is 0.336 e. The second-order valence-corrected chi connectivity index (χ2v) is 8.24. The van der Waals surface area contributed by atoms with Crippen LogP contribution >= 0.6 is 0 Å².